The van der Waals surface area contributed by atoms with Gasteiger partial charge in [0, 0.05) is 18.1 Å². The predicted molar refractivity (Wildman–Crippen MR) is 90.4 cm³/mol. The minimum Gasteiger partial charge on any atom is -0.360 e. The summed E-state index contributed by atoms with van der Waals surface area (Å²) in [5, 5.41) is 3.45. The lowest BCUT2D eigenvalue weighted by Gasteiger charge is -2.39. The molecule has 0 amide bonds. The molecule has 0 fully saturated rings. The highest BCUT2D eigenvalue weighted by atomic mass is 19.1. The molecule has 0 saturated carbocycles. The summed E-state index contributed by atoms with van der Waals surface area (Å²) in [6.45, 7) is 15.9. The zero-order valence-electron chi connectivity index (χ0n) is 14.0. The lowest BCUT2D eigenvalue weighted by molar-refractivity contribution is 0.496. The topological polar surface area (TPSA) is 15.3 Å². The second-order valence-electron chi connectivity index (χ2n) is 6.42. The van der Waals surface area contributed by atoms with E-state index in [0.29, 0.717) is 12.2 Å². The van der Waals surface area contributed by atoms with Crippen molar-refractivity contribution in [2.75, 3.05) is 18.0 Å². The molecule has 1 aromatic carbocycles. The molecule has 0 bridgehead atoms. The van der Waals surface area contributed by atoms with Crippen molar-refractivity contribution in [2.45, 2.75) is 52.6 Å². The first-order chi connectivity index (χ1) is 9.82. The number of rotatable bonds is 7. The van der Waals surface area contributed by atoms with Gasteiger partial charge in [-0.05, 0) is 52.3 Å². The second-order valence-corrected chi connectivity index (χ2v) is 6.42. The maximum atomic E-state index is 14.5. The first-order valence-electron chi connectivity index (χ1n) is 7.73. The Morgan fingerprint density at radius 2 is 2.05 bits per heavy atom. The molecule has 0 radical (unpaired) electrons. The number of hydrogen-bond acceptors (Lipinski definition) is 2. The monoisotopic (exact) mass is 292 g/mol. The van der Waals surface area contributed by atoms with Crippen molar-refractivity contribution < 1.29 is 4.39 Å². The van der Waals surface area contributed by atoms with Crippen LogP contribution in [0.25, 0.3) is 0 Å². The number of anilines is 1. The summed E-state index contributed by atoms with van der Waals surface area (Å²) < 4.78 is 14.5. The molecule has 1 rings (SSSR count). The van der Waals surface area contributed by atoms with E-state index >= 15 is 0 Å². The van der Waals surface area contributed by atoms with Gasteiger partial charge < -0.3 is 10.2 Å². The van der Waals surface area contributed by atoms with Gasteiger partial charge in [-0.25, -0.2) is 4.39 Å². The summed E-state index contributed by atoms with van der Waals surface area (Å²) in [5.41, 5.74) is 1.51. The third kappa shape index (κ3) is 4.57. The van der Waals surface area contributed by atoms with Crippen LogP contribution in [0.1, 0.15) is 52.6 Å². The quantitative estimate of drug-likeness (QED) is 0.734. The van der Waals surface area contributed by atoms with Crippen LogP contribution in [0.3, 0.4) is 0 Å². The highest BCUT2D eigenvalue weighted by molar-refractivity contribution is 5.58. The van der Waals surface area contributed by atoms with Crippen LogP contribution in [-0.2, 0) is 0 Å². The van der Waals surface area contributed by atoms with Crippen LogP contribution in [0.2, 0.25) is 0 Å². The van der Waals surface area contributed by atoms with E-state index in [9.17, 15) is 4.39 Å². The predicted octanol–water partition coefficient (Wildman–Crippen LogP) is 4.68. The lowest BCUT2D eigenvalue weighted by Crippen LogP contribution is -2.43. The molecule has 1 unspecified atom stereocenters. The molecule has 3 heteroatoms. The van der Waals surface area contributed by atoms with Gasteiger partial charge in [-0.2, -0.15) is 0 Å². The molecule has 0 aliphatic carbocycles. The van der Waals surface area contributed by atoms with Crippen LogP contribution in [0, 0.1) is 5.82 Å². The Labute approximate surface area is 129 Å². The van der Waals surface area contributed by atoms with E-state index in [4.69, 9.17) is 0 Å². The second kappa shape index (κ2) is 7.60. The van der Waals surface area contributed by atoms with Crippen molar-refractivity contribution in [1.82, 2.24) is 5.32 Å². The van der Waals surface area contributed by atoms with E-state index in [1.165, 1.54) is 6.07 Å². The Bertz CT molecular complexity index is 463. The van der Waals surface area contributed by atoms with Crippen LogP contribution in [-0.4, -0.2) is 18.6 Å². The Morgan fingerprint density at radius 1 is 1.38 bits per heavy atom. The summed E-state index contributed by atoms with van der Waals surface area (Å²) in [6.07, 6.45) is 2.89. The van der Waals surface area contributed by atoms with Crippen molar-refractivity contribution >= 4 is 5.69 Å². The molecule has 0 aliphatic rings. The number of halogens is 1. The summed E-state index contributed by atoms with van der Waals surface area (Å²) in [5.74, 6) is -0.172. The minimum atomic E-state index is -0.172. The third-order valence-corrected chi connectivity index (χ3v) is 3.58. The van der Waals surface area contributed by atoms with E-state index in [-0.39, 0.29) is 17.4 Å². The Hall–Kier alpha value is -1.35. The van der Waals surface area contributed by atoms with Crippen LogP contribution >= 0.6 is 0 Å². The Kier molecular flexibility index (Phi) is 6.41. The summed E-state index contributed by atoms with van der Waals surface area (Å²) in [7, 11) is 0. The smallest absolute Gasteiger partial charge is 0.146 e. The average molecular weight is 292 g/mol. The molecular weight excluding hydrogens is 263 g/mol. The summed E-state index contributed by atoms with van der Waals surface area (Å²) in [4.78, 5) is 2.08. The fourth-order valence-electron chi connectivity index (χ4n) is 2.47. The maximum Gasteiger partial charge on any atom is 0.146 e. The summed E-state index contributed by atoms with van der Waals surface area (Å²) in [6, 6.07) is 5.44. The SMILES string of the molecule is C=CCN(c1c(F)cccc1C(C)NCCC)C(C)(C)C. The Balaban J connectivity index is 3.28. The van der Waals surface area contributed by atoms with Gasteiger partial charge in [0.1, 0.15) is 5.82 Å². The van der Waals surface area contributed by atoms with Gasteiger partial charge in [0.25, 0.3) is 0 Å². The van der Waals surface area contributed by atoms with Gasteiger partial charge in [0.15, 0.2) is 0 Å². The maximum absolute atomic E-state index is 14.5. The minimum absolute atomic E-state index is 0.116. The average Bonchev–Trinajstić information content (AvgIpc) is 2.41. The van der Waals surface area contributed by atoms with E-state index in [1.54, 1.807) is 6.07 Å². The molecule has 0 heterocycles. The largest absolute Gasteiger partial charge is 0.360 e. The van der Waals surface area contributed by atoms with Crippen molar-refractivity contribution in [2.24, 2.45) is 0 Å². The van der Waals surface area contributed by atoms with Crippen LogP contribution < -0.4 is 10.2 Å². The fourth-order valence-corrected chi connectivity index (χ4v) is 2.47. The Morgan fingerprint density at radius 3 is 2.57 bits per heavy atom. The number of hydrogen-bond donors (Lipinski definition) is 1. The van der Waals surface area contributed by atoms with Crippen molar-refractivity contribution in [3.8, 4) is 0 Å². The highest BCUT2D eigenvalue weighted by Crippen LogP contribution is 2.33. The number of nitrogens with zero attached hydrogens (tertiary/aromatic N) is 1. The fraction of sp³-hybridized carbons (Fsp3) is 0.556. The molecule has 1 aromatic rings. The van der Waals surface area contributed by atoms with Gasteiger partial charge in [-0.3, -0.25) is 0 Å². The molecule has 0 saturated heterocycles. The summed E-state index contributed by atoms with van der Waals surface area (Å²) >= 11 is 0. The van der Waals surface area contributed by atoms with E-state index in [0.717, 1.165) is 18.5 Å². The third-order valence-electron chi connectivity index (χ3n) is 3.58. The lowest BCUT2D eigenvalue weighted by atomic mass is 9.99. The van der Waals surface area contributed by atoms with Gasteiger partial charge in [0.05, 0.1) is 5.69 Å². The van der Waals surface area contributed by atoms with Crippen molar-refractivity contribution in [3.63, 3.8) is 0 Å². The van der Waals surface area contributed by atoms with Crippen molar-refractivity contribution in [3.05, 3.63) is 42.2 Å². The van der Waals surface area contributed by atoms with Gasteiger partial charge in [-0.1, -0.05) is 25.1 Å². The number of nitrogens with one attached hydrogen (secondary N) is 1. The van der Waals surface area contributed by atoms with E-state index in [1.807, 2.05) is 12.1 Å². The molecular formula is C18H29FN2. The molecule has 1 N–H and O–H groups in total. The molecule has 1 atom stereocenters. The van der Waals surface area contributed by atoms with Gasteiger partial charge in [0.2, 0.25) is 0 Å². The van der Waals surface area contributed by atoms with E-state index in [2.05, 4.69) is 51.4 Å². The molecule has 0 aliphatic heterocycles. The van der Waals surface area contributed by atoms with Gasteiger partial charge >= 0.3 is 0 Å². The molecule has 0 spiro atoms. The van der Waals surface area contributed by atoms with Crippen LogP contribution in [0.15, 0.2) is 30.9 Å². The first-order valence-corrected chi connectivity index (χ1v) is 7.73. The molecule has 118 valence electrons. The number of para-hydroxylation sites is 1. The highest BCUT2D eigenvalue weighted by Gasteiger charge is 2.26. The zero-order chi connectivity index (χ0) is 16.0. The molecule has 0 aromatic heterocycles. The van der Waals surface area contributed by atoms with Crippen LogP contribution in [0.4, 0.5) is 10.1 Å². The standard InChI is InChI=1S/C18H29FN2/c1-7-12-20-14(3)15-10-9-11-16(19)17(15)21(13-8-2)18(4,5)6/h8-11,14,20H,2,7,12-13H2,1,3-6H3. The number of benzene rings is 1. The normalized spacial score (nSPS) is 13.0. The first kappa shape index (κ1) is 17.7. The van der Waals surface area contributed by atoms with Gasteiger partial charge in [-0.15, -0.1) is 6.58 Å². The van der Waals surface area contributed by atoms with Crippen LogP contribution in [0.5, 0.6) is 0 Å². The van der Waals surface area contributed by atoms with Crippen molar-refractivity contribution in [1.29, 1.82) is 0 Å². The zero-order valence-corrected chi connectivity index (χ0v) is 14.0. The van der Waals surface area contributed by atoms with E-state index < -0.39 is 0 Å². The molecule has 2 nitrogen and oxygen atoms in total. The molecule has 21 heavy (non-hydrogen) atoms.